The van der Waals surface area contributed by atoms with Gasteiger partial charge >= 0.3 is 0 Å². The average molecular weight is 243 g/mol. The Kier molecular flexibility index (Phi) is 4.25. The number of nitrogens with zero attached hydrogens (tertiary/aromatic N) is 1. The molecule has 0 unspecified atom stereocenters. The Morgan fingerprint density at radius 2 is 2.06 bits per heavy atom. The lowest BCUT2D eigenvalue weighted by Gasteiger charge is -2.07. The molecule has 0 saturated carbocycles. The molecule has 0 spiro atoms. The Balaban J connectivity index is 2.13. The lowest BCUT2D eigenvalue weighted by atomic mass is 10.1. The highest BCUT2D eigenvalue weighted by Gasteiger charge is 2.10. The van der Waals surface area contributed by atoms with Crippen LogP contribution < -0.4 is 10.6 Å². The summed E-state index contributed by atoms with van der Waals surface area (Å²) in [6.45, 7) is 4.32. The second kappa shape index (κ2) is 6.12. The van der Waals surface area contributed by atoms with E-state index in [1.807, 2.05) is 37.3 Å². The van der Waals surface area contributed by atoms with Gasteiger partial charge in [-0.25, -0.2) is 0 Å². The summed E-state index contributed by atoms with van der Waals surface area (Å²) in [5, 5.41) is 7.94. The number of hydrogen-bond acceptors (Lipinski definition) is 3. The fraction of sp³-hybridized carbons (Fsp3) is 0.286. The number of rotatable bonds is 5. The van der Waals surface area contributed by atoms with Gasteiger partial charge < -0.3 is 10.6 Å². The summed E-state index contributed by atoms with van der Waals surface area (Å²) in [4.78, 5) is 16.2. The predicted octanol–water partition coefficient (Wildman–Crippen LogP) is 1.57. The molecule has 4 nitrogen and oxygen atoms in total. The average Bonchev–Trinajstić information content (AvgIpc) is 2.43. The maximum Gasteiger partial charge on any atom is 0.270 e. The third-order valence-corrected chi connectivity index (χ3v) is 2.73. The molecule has 1 aromatic heterocycles. The van der Waals surface area contributed by atoms with Crippen LogP contribution in [0, 0.1) is 0 Å². The molecule has 1 heterocycles. The summed E-state index contributed by atoms with van der Waals surface area (Å²) in [6.07, 6.45) is 1.67. The first-order valence-electron chi connectivity index (χ1n) is 6.15. The molecule has 0 aliphatic rings. The van der Waals surface area contributed by atoms with Crippen LogP contribution in [0.15, 0.2) is 36.5 Å². The first-order chi connectivity index (χ1) is 8.83. The molecule has 1 aromatic carbocycles. The third-order valence-electron chi connectivity index (χ3n) is 2.73. The number of carbonyl (C=O) groups is 1. The quantitative estimate of drug-likeness (QED) is 0.784. The minimum absolute atomic E-state index is 0.121. The van der Waals surface area contributed by atoms with E-state index in [2.05, 4.69) is 15.6 Å². The maximum absolute atomic E-state index is 12.0. The number of hydrogen-bond donors (Lipinski definition) is 2. The first-order valence-corrected chi connectivity index (χ1v) is 6.15. The van der Waals surface area contributed by atoms with Crippen LogP contribution in [0.5, 0.6) is 0 Å². The van der Waals surface area contributed by atoms with E-state index in [-0.39, 0.29) is 5.91 Å². The Hall–Kier alpha value is -1.94. The second-order valence-corrected chi connectivity index (χ2v) is 3.99. The van der Waals surface area contributed by atoms with Gasteiger partial charge in [-0.05, 0) is 18.0 Å². The molecule has 0 bridgehead atoms. The van der Waals surface area contributed by atoms with E-state index in [4.69, 9.17) is 0 Å². The predicted molar refractivity (Wildman–Crippen MR) is 72.6 cm³/mol. The molecule has 4 heteroatoms. The van der Waals surface area contributed by atoms with Crippen molar-refractivity contribution in [1.82, 2.24) is 15.6 Å². The fourth-order valence-corrected chi connectivity index (χ4v) is 1.83. The maximum atomic E-state index is 12.0. The summed E-state index contributed by atoms with van der Waals surface area (Å²) in [5.41, 5.74) is 0.490. The molecule has 0 saturated heterocycles. The minimum atomic E-state index is -0.121. The number of fused-ring (bicyclic) bond motifs is 1. The molecule has 18 heavy (non-hydrogen) atoms. The van der Waals surface area contributed by atoms with Crippen molar-refractivity contribution in [3.63, 3.8) is 0 Å². The molecular formula is C14H17N3O. The Morgan fingerprint density at radius 1 is 1.22 bits per heavy atom. The van der Waals surface area contributed by atoms with E-state index in [9.17, 15) is 4.79 Å². The standard InChI is InChI=1S/C14H17N3O/c1-2-15-9-10-17-14(18)13-12-6-4-3-5-11(12)7-8-16-13/h3-8,15H,2,9-10H2,1H3,(H,17,18). The van der Waals surface area contributed by atoms with Gasteiger partial charge in [0.15, 0.2) is 0 Å². The van der Waals surface area contributed by atoms with Crippen molar-refractivity contribution in [2.45, 2.75) is 6.92 Å². The highest BCUT2D eigenvalue weighted by atomic mass is 16.1. The van der Waals surface area contributed by atoms with E-state index in [1.165, 1.54) is 0 Å². The van der Waals surface area contributed by atoms with Crippen LogP contribution in [0.2, 0.25) is 0 Å². The van der Waals surface area contributed by atoms with Crippen molar-refractivity contribution >= 4 is 16.7 Å². The summed E-state index contributed by atoms with van der Waals surface area (Å²) in [7, 11) is 0. The highest BCUT2D eigenvalue weighted by Crippen LogP contribution is 2.15. The summed E-state index contributed by atoms with van der Waals surface area (Å²) in [6, 6.07) is 9.67. The number of likely N-dealkylation sites (N-methyl/N-ethyl adjacent to an activating group) is 1. The van der Waals surface area contributed by atoms with Gasteiger partial charge in [-0.1, -0.05) is 31.2 Å². The molecule has 0 atom stereocenters. The SMILES string of the molecule is CCNCCNC(=O)c1nccc2ccccc12. The van der Waals surface area contributed by atoms with E-state index in [0.717, 1.165) is 23.9 Å². The number of benzene rings is 1. The molecule has 2 aromatic rings. The van der Waals surface area contributed by atoms with Crippen LogP contribution in [0.1, 0.15) is 17.4 Å². The van der Waals surface area contributed by atoms with Crippen LogP contribution in [-0.2, 0) is 0 Å². The highest BCUT2D eigenvalue weighted by molar-refractivity contribution is 6.05. The van der Waals surface area contributed by atoms with Crippen LogP contribution >= 0.6 is 0 Å². The Morgan fingerprint density at radius 3 is 2.89 bits per heavy atom. The Bertz CT molecular complexity index is 534. The van der Waals surface area contributed by atoms with Crippen LogP contribution in [0.25, 0.3) is 10.8 Å². The number of pyridine rings is 1. The zero-order chi connectivity index (χ0) is 12.8. The van der Waals surface area contributed by atoms with Crippen molar-refractivity contribution < 1.29 is 4.79 Å². The largest absolute Gasteiger partial charge is 0.349 e. The topological polar surface area (TPSA) is 54.0 Å². The van der Waals surface area contributed by atoms with Crippen LogP contribution in [0.4, 0.5) is 0 Å². The van der Waals surface area contributed by atoms with E-state index in [0.29, 0.717) is 12.2 Å². The Labute approximate surface area is 106 Å². The van der Waals surface area contributed by atoms with Gasteiger partial charge in [0.05, 0.1) is 0 Å². The van der Waals surface area contributed by atoms with E-state index >= 15 is 0 Å². The van der Waals surface area contributed by atoms with Crippen LogP contribution in [-0.4, -0.2) is 30.5 Å². The molecule has 94 valence electrons. The van der Waals surface area contributed by atoms with E-state index < -0.39 is 0 Å². The van der Waals surface area contributed by atoms with Crippen molar-refractivity contribution in [1.29, 1.82) is 0 Å². The van der Waals surface area contributed by atoms with Gasteiger partial charge in [0, 0.05) is 24.7 Å². The zero-order valence-corrected chi connectivity index (χ0v) is 10.4. The molecule has 2 N–H and O–H groups in total. The summed E-state index contributed by atoms with van der Waals surface area (Å²) in [5.74, 6) is -0.121. The van der Waals surface area contributed by atoms with E-state index in [1.54, 1.807) is 6.20 Å². The molecule has 0 radical (unpaired) electrons. The number of aromatic nitrogens is 1. The van der Waals surface area contributed by atoms with Crippen molar-refractivity contribution in [2.24, 2.45) is 0 Å². The molecule has 0 aliphatic heterocycles. The molecule has 0 aliphatic carbocycles. The minimum Gasteiger partial charge on any atom is -0.349 e. The van der Waals surface area contributed by atoms with Crippen molar-refractivity contribution in [3.8, 4) is 0 Å². The zero-order valence-electron chi connectivity index (χ0n) is 10.4. The molecule has 0 fully saturated rings. The third kappa shape index (κ3) is 2.84. The van der Waals surface area contributed by atoms with Gasteiger partial charge in [-0.2, -0.15) is 0 Å². The van der Waals surface area contributed by atoms with Gasteiger partial charge in [0.25, 0.3) is 5.91 Å². The molecule has 1 amide bonds. The van der Waals surface area contributed by atoms with Crippen LogP contribution in [0.3, 0.4) is 0 Å². The summed E-state index contributed by atoms with van der Waals surface area (Å²) < 4.78 is 0. The molecular weight excluding hydrogens is 226 g/mol. The van der Waals surface area contributed by atoms with Gasteiger partial charge in [-0.15, -0.1) is 0 Å². The van der Waals surface area contributed by atoms with Gasteiger partial charge in [0.1, 0.15) is 5.69 Å². The normalized spacial score (nSPS) is 10.5. The second-order valence-electron chi connectivity index (χ2n) is 3.99. The first kappa shape index (κ1) is 12.5. The van der Waals surface area contributed by atoms with Crippen molar-refractivity contribution in [2.75, 3.05) is 19.6 Å². The van der Waals surface area contributed by atoms with Gasteiger partial charge in [-0.3, -0.25) is 9.78 Å². The molecule has 2 rings (SSSR count). The number of amides is 1. The number of nitrogens with one attached hydrogen (secondary N) is 2. The summed E-state index contributed by atoms with van der Waals surface area (Å²) >= 11 is 0. The van der Waals surface area contributed by atoms with Crippen molar-refractivity contribution in [3.05, 3.63) is 42.2 Å². The lowest BCUT2D eigenvalue weighted by molar-refractivity contribution is 0.0951. The monoisotopic (exact) mass is 243 g/mol. The smallest absolute Gasteiger partial charge is 0.270 e. The fourth-order valence-electron chi connectivity index (χ4n) is 1.83. The lowest BCUT2D eigenvalue weighted by Crippen LogP contribution is -2.32. The number of carbonyl (C=O) groups excluding carboxylic acids is 1. The van der Waals surface area contributed by atoms with Gasteiger partial charge in [0.2, 0.25) is 0 Å².